The molecule has 0 radical (unpaired) electrons. The molecule has 6 nitrogen and oxygen atoms in total. The first-order chi connectivity index (χ1) is 14.5. The average Bonchev–Trinajstić information content (AvgIpc) is 3.16. The third-order valence-corrected chi connectivity index (χ3v) is 6.71. The lowest BCUT2D eigenvalue weighted by molar-refractivity contribution is -0.151. The number of aryl methyl sites for hydroxylation is 1. The van der Waals surface area contributed by atoms with Gasteiger partial charge in [0.1, 0.15) is 29.1 Å². The van der Waals surface area contributed by atoms with Crippen LogP contribution in [0.1, 0.15) is 38.4 Å². The number of fused-ring (bicyclic) bond motifs is 1. The van der Waals surface area contributed by atoms with Gasteiger partial charge in [-0.3, -0.25) is 14.2 Å². The second kappa shape index (κ2) is 8.60. The predicted molar refractivity (Wildman–Crippen MR) is 118 cm³/mol. The van der Waals surface area contributed by atoms with Crippen molar-refractivity contribution in [1.29, 1.82) is 0 Å². The van der Waals surface area contributed by atoms with E-state index in [1.54, 1.807) is 14.0 Å². The van der Waals surface area contributed by atoms with Crippen molar-refractivity contribution in [1.82, 2.24) is 9.55 Å². The highest BCUT2D eigenvalue weighted by Crippen LogP contribution is 2.32. The molecule has 0 spiro atoms. The molecule has 2 heterocycles. The van der Waals surface area contributed by atoms with Crippen LogP contribution in [0.15, 0.2) is 34.4 Å². The quantitative estimate of drug-likeness (QED) is 0.559. The van der Waals surface area contributed by atoms with Gasteiger partial charge in [0.2, 0.25) is 0 Å². The molecule has 4 rings (SSSR count). The summed E-state index contributed by atoms with van der Waals surface area (Å²) in [4.78, 5) is 31.1. The Morgan fingerprint density at radius 2 is 1.90 bits per heavy atom. The van der Waals surface area contributed by atoms with E-state index >= 15 is 0 Å². The van der Waals surface area contributed by atoms with E-state index in [0.717, 1.165) is 42.6 Å². The Morgan fingerprint density at radius 3 is 2.57 bits per heavy atom. The SMILES string of the molecule is COc1ccc(-c2csc3nc(C)n(CC(=O)OC4CCC(C)CC4)c(=O)c23)cc1. The highest BCUT2D eigenvalue weighted by molar-refractivity contribution is 7.17. The van der Waals surface area contributed by atoms with Gasteiger partial charge in [0, 0.05) is 10.9 Å². The van der Waals surface area contributed by atoms with Crippen molar-refractivity contribution in [3.63, 3.8) is 0 Å². The summed E-state index contributed by atoms with van der Waals surface area (Å²) in [5.74, 6) is 1.59. The Bertz CT molecular complexity index is 1110. The minimum absolute atomic E-state index is 0.0441. The molecule has 0 unspecified atom stereocenters. The first kappa shape index (κ1) is 20.6. The van der Waals surface area contributed by atoms with Crippen LogP contribution in [-0.4, -0.2) is 28.7 Å². The van der Waals surface area contributed by atoms with E-state index in [9.17, 15) is 9.59 Å². The van der Waals surface area contributed by atoms with E-state index in [2.05, 4.69) is 11.9 Å². The van der Waals surface area contributed by atoms with Crippen LogP contribution in [-0.2, 0) is 16.1 Å². The van der Waals surface area contributed by atoms with Gasteiger partial charge in [-0.15, -0.1) is 11.3 Å². The Kier molecular flexibility index (Phi) is 5.90. The van der Waals surface area contributed by atoms with Crippen LogP contribution < -0.4 is 10.3 Å². The second-order valence-electron chi connectivity index (χ2n) is 7.98. The van der Waals surface area contributed by atoms with E-state index in [0.29, 0.717) is 22.0 Å². The molecule has 1 aromatic carbocycles. The van der Waals surface area contributed by atoms with Crippen LogP contribution >= 0.6 is 11.3 Å². The van der Waals surface area contributed by atoms with E-state index in [4.69, 9.17) is 9.47 Å². The average molecular weight is 427 g/mol. The van der Waals surface area contributed by atoms with Crippen LogP contribution in [0.4, 0.5) is 0 Å². The number of methoxy groups -OCH3 is 1. The summed E-state index contributed by atoms with van der Waals surface area (Å²) >= 11 is 1.43. The lowest BCUT2D eigenvalue weighted by Gasteiger charge is -2.26. The highest BCUT2D eigenvalue weighted by Gasteiger charge is 2.23. The number of esters is 1. The van der Waals surface area contributed by atoms with Gasteiger partial charge in [-0.1, -0.05) is 19.1 Å². The fraction of sp³-hybridized carbons (Fsp3) is 0.435. The molecule has 1 aliphatic rings. The van der Waals surface area contributed by atoms with E-state index in [1.165, 1.54) is 15.9 Å². The minimum atomic E-state index is -0.373. The standard InChI is InChI=1S/C23H26N2O4S/c1-14-4-8-18(9-5-14)29-20(26)12-25-15(2)24-22-21(23(25)27)19(13-30-22)16-6-10-17(28-3)11-7-16/h6-7,10-11,13-14,18H,4-5,8-9,12H2,1-3H3. The van der Waals surface area contributed by atoms with Crippen LogP contribution in [0.3, 0.4) is 0 Å². The smallest absolute Gasteiger partial charge is 0.326 e. The van der Waals surface area contributed by atoms with Crippen molar-refractivity contribution >= 4 is 27.5 Å². The second-order valence-corrected chi connectivity index (χ2v) is 8.84. The Labute approximate surface area is 179 Å². The number of hydrogen-bond acceptors (Lipinski definition) is 6. The molecule has 0 atom stereocenters. The van der Waals surface area contributed by atoms with Crippen LogP contribution in [0.25, 0.3) is 21.3 Å². The number of benzene rings is 1. The monoisotopic (exact) mass is 426 g/mol. The molecule has 0 N–H and O–H groups in total. The summed E-state index contributed by atoms with van der Waals surface area (Å²) in [7, 11) is 1.62. The molecule has 0 aliphatic heterocycles. The Hall–Kier alpha value is -2.67. The molecule has 0 amide bonds. The summed E-state index contributed by atoms with van der Waals surface area (Å²) in [6.45, 7) is 3.86. The summed E-state index contributed by atoms with van der Waals surface area (Å²) < 4.78 is 12.3. The van der Waals surface area contributed by atoms with Crippen molar-refractivity contribution in [3.05, 3.63) is 45.8 Å². The van der Waals surface area contributed by atoms with Gasteiger partial charge in [0.05, 0.1) is 12.5 Å². The first-order valence-electron chi connectivity index (χ1n) is 10.3. The number of aromatic nitrogens is 2. The van der Waals surface area contributed by atoms with Crippen molar-refractivity contribution in [2.24, 2.45) is 5.92 Å². The lowest BCUT2D eigenvalue weighted by Crippen LogP contribution is -2.31. The molecular weight excluding hydrogens is 400 g/mol. The minimum Gasteiger partial charge on any atom is -0.497 e. The summed E-state index contributed by atoms with van der Waals surface area (Å²) in [6.07, 6.45) is 3.89. The van der Waals surface area contributed by atoms with Crippen LogP contribution in [0.5, 0.6) is 5.75 Å². The van der Waals surface area contributed by atoms with Crippen molar-refractivity contribution in [2.45, 2.75) is 52.2 Å². The van der Waals surface area contributed by atoms with Crippen LogP contribution in [0.2, 0.25) is 0 Å². The van der Waals surface area contributed by atoms with Crippen molar-refractivity contribution < 1.29 is 14.3 Å². The van der Waals surface area contributed by atoms with Crippen LogP contribution in [0, 0.1) is 12.8 Å². The zero-order valence-electron chi connectivity index (χ0n) is 17.5. The van der Waals surface area contributed by atoms with Crippen molar-refractivity contribution in [2.75, 3.05) is 7.11 Å². The topological polar surface area (TPSA) is 70.4 Å². The zero-order valence-corrected chi connectivity index (χ0v) is 18.3. The Balaban J connectivity index is 1.62. The molecule has 0 saturated heterocycles. The van der Waals surface area contributed by atoms with Gasteiger partial charge in [-0.05, 0) is 56.2 Å². The molecule has 2 aromatic heterocycles. The van der Waals surface area contributed by atoms with Gasteiger partial charge >= 0.3 is 5.97 Å². The van der Waals surface area contributed by atoms with Gasteiger partial charge in [-0.2, -0.15) is 0 Å². The van der Waals surface area contributed by atoms with Crippen molar-refractivity contribution in [3.8, 4) is 16.9 Å². The number of hydrogen-bond donors (Lipinski definition) is 0. The molecule has 30 heavy (non-hydrogen) atoms. The van der Waals surface area contributed by atoms with Gasteiger partial charge in [0.25, 0.3) is 5.56 Å². The molecule has 7 heteroatoms. The number of carbonyl (C=O) groups is 1. The Morgan fingerprint density at radius 1 is 1.20 bits per heavy atom. The van der Waals surface area contributed by atoms with Gasteiger partial charge in [-0.25, -0.2) is 4.98 Å². The zero-order chi connectivity index (χ0) is 21.3. The maximum atomic E-state index is 13.3. The molecule has 1 aliphatic carbocycles. The highest BCUT2D eigenvalue weighted by atomic mass is 32.1. The van der Waals surface area contributed by atoms with E-state index < -0.39 is 0 Å². The summed E-state index contributed by atoms with van der Waals surface area (Å²) in [5.41, 5.74) is 1.52. The maximum absolute atomic E-state index is 13.3. The molecule has 0 bridgehead atoms. The third-order valence-electron chi connectivity index (χ3n) is 5.83. The van der Waals surface area contributed by atoms with E-state index in [-0.39, 0.29) is 24.2 Å². The van der Waals surface area contributed by atoms with Gasteiger partial charge in [0.15, 0.2) is 0 Å². The largest absolute Gasteiger partial charge is 0.497 e. The van der Waals surface area contributed by atoms with E-state index in [1.807, 2.05) is 29.6 Å². The number of nitrogens with zero attached hydrogens (tertiary/aromatic N) is 2. The molecule has 1 saturated carbocycles. The summed E-state index contributed by atoms with van der Waals surface area (Å²) in [5, 5.41) is 2.47. The number of ether oxygens (including phenoxy) is 2. The number of carbonyl (C=O) groups excluding carboxylic acids is 1. The fourth-order valence-electron chi connectivity index (χ4n) is 3.99. The molecule has 158 valence electrons. The predicted octanol–water partition coefficient (Wildman–Crippen LogP) is 4.56. The molecular formula is C23H26N2O4S. The summed E-state index contributed by atoms with van der Waals surface area (Å²) in [6, 6.07) is 7.56. The molecule has 1 fully saturated rings. The number of thiophene rings is 1. The lowest BCUT2D eigenvalue weighted by atomic mass is 9.89. The normalized spacial score (nSPS) is 19.0. The number of rotatable bonds is 5. The molecule has 3 aromatic rings. The first-order valence-corrected chi connectivity index (χ1v) is 11.2. The maximum Gasteiger partial charge on any atom is 0.326 e. The van der Waals surface area contributed by atoms with Gasteiger partial charge < -0.3 is 9.47 Å². The third kappa shape index (κ3) is 4.12. The fourth-order valence-corrected chi connectivity index (χ4v) is 4.98.